The molecule has 0 bridgehead atoms. The van der Waals surface area contributed by atoms with Crippen LogP contribution < -0.4 is 49.6 Å². The zero-order valence-electron chi connectivity index (χ0n) is 43.2. The molecule has 0 aliphatic carbocycles. The van der Waals surface area contributed by atoms with Crippen molar-refractivity contribution in [1.29, 1.82) is 0 Å². The molecule has 0 aliphatic heterocycles. The SMILES string of the molecule is COc1cccc(OC)c1[O-].COc1cccc(OC)c1[O-].O=C(/C=C(\[O-])C(F)(F)F)c1ccccc1.O=C(/C=C(\[O-])C(F)(F)F)c1ccccc1.O=C(/C=C(\[O-])C(F)(F)F)c1ccccc1.O=C(/C=C(\[O-])C(F)(F)F)c1ccccc1.[Dy+3].[Dy+3]. The number of para-hydroxylation sites is 2. The number of benzene rings is 6. The number of halogens is 12. The maximum absolute atomic E-state index is 11.8. The van der Waals surface area contributed by atoms with Gasteiger partial charge in [-0.1, -0.05) is 133 Å². The maximum Gasteiger partial charge on any atom is 3.00 e. The average molecular weight is 1490 g/mol. The van der Waals surface area contributed by atoms with Crippen LogP contribution >= 0.6 is 0 Å². The molecule has 0 spiro atoms. The fraction of sp³-hybridized carbons (Fsp3) is 0.143. The van der Waals surface area contributed by atoms with E-state index < -0.39 is 70.9 Å². The summed E-state index contributed by atoms with van der Waals surface area (Å²) in [6.45, 7) is 0. The van der Waals surface area contributed by atoms with Crippen LogP contribution in [0.25, 0.3) is 0 Å². The third-order valence-electron chi connectivity index (χ3n) is 9.16. The summed E-state index contributed by atoms with van der Waals surface area (Å²) in [5.41, 5.74) is 0.204. The van der Waals surface area contributed by atoms with E-state index in [1.54, 1.807) is 60.7 Å². The van der Waals surface area contributed by atoms with Crippen LogP contribution in [0.15, 0.2) is 205 Å². The Morgan fingerprint density at radius 2 is 0.464 bits per heavy atom. The molecule has 84 heavy (non-hydrogen) atoms. The monoisotopic (exact) mass is 1490 g/mol. The zero-order chi connectivity index (χ0) is 62.4. The van der Waals surface area contributed by atoms with Crippen molar-refractivity contribution in [3.8, 4) is 34.5 Å². The Morgan fingerprint density at radius 1 is 0.310 bits per heavy atom. The molecule has 0 unspecified atom stereocenters. The first-order valence-electron chi connectivity index (χ1n) is 22.2. The van der Waals surface area contributed by atoms with Gasteiger partial charge in [0, 0.05) is 22.3 Å². The topological polar surface area (TPSA) is 244 Å². The molecule has 0 aliphatic rings. The number of hydrogen-bond acceptors (Lipinski definition) is 14. The van der Waals surface area contributed by atoms with Gasteiger partial charge in [0.2, 0.25) is 0 Å². The van der Waals surface area contributed by atoms with Gasteiger partial charge < -0.3 is 49.6 Å². The molecule has 454 valence electrons. The second kappa shape index (κ2) is 38.5. The Labute approximate surface area is 531 Å². The minimum Gasteiger partial charge on any atom is -0.869 e. The molecule has 0 fully saturated rings. The number of hydrogen-bond donors (Lipinski definition) is 0. The van der Waals surface area contributed by atoms with Crippen molar-refractivity contribution in [1.82, 2.24) is 0 Å². The van der Waals surface area contributed by atoms with Crippen LogP contribution in [0.1, 0.15) is 41.4 Å². The molecule has 0 heterocycles. The molecule has 0 atom stereocenters. The average Bonchev–Trinajstić information content (AvgIpc) is 3.44. The molecule has 6 aromatic carbocycles. The summed E-state index contributed by atoms with van der Waals surface area (Å²) in [6.07, 6.45) is -19.8. The molecule has 0 N–H and O–H groups in total. The minimum absolute atomic E-state index is 0. The van der Waals surface area contributed by atoms with Gasteiger partial charge in [0.1, 0.15) is 23.0 Å². The summed E-state index contributed by atoms with van der Waals surface area (Å²) in [5, 5.41) is 64.1. The molecule has 6 aromatic rings. The number of ether oxygens (including phenoxy) is 4. The summed E-state index contributed by atoms with van der Waals surface area (Å²) < 4.78 is 161. The summed E-state index contributed by atoms with van der Waals surface area (Å²) in [4.78, 5) is 44.5. The molecule has 28 heteroatoms. The number of alkyl halides is 12. The molecule has 0 saturated heterocycles. The molecule has 14 nitrogen and oxygen atoms in total. The summed E-state index contributed by atoms with van der Waals surface area (Å²) in [5.74, 6) is -11.5. The van der Waals surface area contributed by atoms with E-state index >= 15 is 0 Å². The van der Waals surface area contributed by atoms with Gasteiger partial charge >= 0.3 is 101 Å². The van der Waals surface area contributed by atoms with E-state index in [4.69, 9.17) is 18.9 Å². The predicted octanol–water partition coefficient (Wildman–Crippen LogP) is 8.26. The van der Waals surface area contributed by atoms with Crippen molar-refractivity contribution in [2.75, 3.05) is 28.4 Å². The van der Waals surface area contributed by atoms with Gasteiger partial charge in [-0.2, -0.15) is 52.7 Å². The van der Waals surface area contributed by atoms with Crippen molar-refractivity contribution < 1.29 is 198 Å². The van der Waals surface area contributed by atoms with E-state index in [2.05, 4.69) is 0 Å². The Kier molecular flexibility index (Phi) is 36.1. The third-order valence-corrected chi connectivity index (χ3v) is 9.16. The fourth-order valence-corrected chi connectivity index (χ4v) is 5.18. The maximum atomic E-state index is 11.8. The number of methoxy groups -OCH3 is 4. The normalized spacial score (nSPS) is 11.4. The van der Waals surface area contributed by atoms with E-state index in [-0.39, 0.29) is 134 Å². The Morgan fingerprint density at radius 3 is 0.595 bits per heavy atom. The molecule has 6 rings (SSSR count). The van der Waals surface area contributed by atoms with Gasteiger partial charge in [-0.25, -0.2) is 0 Å². The number of allylic oxidation sites excluding steroid dienone is 8. The first-order chi connectivity index (χ1) is 38.2. The number of rotatable bonds is 12. The van der Waals surface area contributed by atoms with E-state index in [0.29, 0.717) is 23.0 Å². The van der Waals surface area contributed by atoms with Gasteiger partial charge in [-0.15, -0.1) is 0 Å². The number of carbonyl (C=O) groups is 4. The second-order valence-corrected chi connectivity index (χ2v) is 14.9. The van der Waals surface area contributed by atoms with Crippen molar-refractivity contribution in [3.63, 3.8) is 0 Å². The number of carbonyl (C=O) groups excluding carboxylic acids is 4. The van der Waals surface area contributed by atoms with Crippen LogP contribution in [0.3, 0.4) is 0 Å². The standard InChI is InChI=1S/4C10H7F3O2.2C8H10O3.2Dy/c4*11-10(12,13)9(15)6-8(14)7-4-2-1-3-5-7;2*1-10-6-4-3-5-7(11-2)8(6)9;;/h4*1-6,15H;2*3-5,9H,1-2H3;;/q;;;;;;2*+3/p-6/b4*9-6-;;;;. The summed E-state index contributed by atoms with van der Waals surface area (Å²) >= 11 is 0. The van der Waals surface area contributed by atoms with Crippen LogP contribution in [-0.2, 0) is 0 Å². The van der Waals surface area contributed by atoms with Gasteiger partial charge in [-0.3, -0.25) is 19.2 Å². The van der Waals surface area contributed by atoms with Crippen molar-refractivity contribution in [3.05, 3.63) is 227 Å². The smallest absolute Gasteiger partial charge is 0.869 e. The third kappa shape index (κ3) is 29.8. The quantitative estimate of drug-likeness (QED) is 0.0485. The second-order valence-electron chi connectivity index (χ2n) is 14.9. The van der Waals surface area contributed by atoms with Crippen LogP contribution in [0.2, 0.25) is 0 Å². The Bertz CT molecular complexity index is 2690. The van der Waals surface area contributed by atoms with Gasteiger partial charge in [-0.05, 0) is 83.1 Å². The Hall–Kier alpha value is -7.33. The van der Waals surface area contributed by atoms with E-state index in [1.807, 2.05) is 0 Å². The van der Waals surface area contributed by atoms with Crippen LogP contribution in [0.5, 0.6) is 34.5 Å². The molecule has 0 aromatic heterocycles. The summed E-state index contributed by atoms with van der Waals surface area (Å²) in [7, 11) is 5.82. The van der Waals surface area contributed by atoms with Crippen LogP contribution in [0, 0.1) is 76.3 Å². The number of ketones is 4. The summed E-state index contributed by atoms with van der Waals surface area (Å²) in [6, 6.07) is 39.0. The van der Waals surface area contributed by atoms with Crippen LogP contribution in [0.4, 0.5) is 52.7 Å². The van der Waals surface area contributed by atoms with E-state index in [0.717, 1.165) is 0 Å². The van der Waals surface area contributed by atoms with Crippen molar-refractivity contribution in [2.45, 2.75) is 24.7 Å². The van der Waals surface area contributed by atoms with Crippen molar-refractivity contribution >= 4 is 23.1 Å². The molecule has 0 saturated carbocycles. The van der Waals surface area contributed by atoms with E-state index in [9.17, 15) is 103 Å². The van der Waals surface area contributed by atoms with Gasteiger partial charge in [0.15, 0.2) is 23.1 Å². The van der Waals surface area contributed by atoms with Gasteiger partial charge in [0.25, 0.3) is 0 Å². The molecule has 2 radical (unpaired) electrons. The van der Waals surface area contributed by atoms with Crippen LogP contribution in [-0.4, -0.2) is 76.3 Å². The zero-order valence-corrected chi connectivity index (χ0v) is 47.3. The first kappa shape index (κ1) is 78.7. The minimum atomic E-state index is -5.00. The predicted molar refractivity (Wildman–Crippen MR) is 258 cm³/mol. The largest absolute Gasteiger partial charge is 3.00 e. The van der Waals surface area contributed by atoms with Crippen molar-refractivity contribution in [2.24, 2.45) is 0 Å². The van der Waals surface area contributed by atoms with Gasteiger partial charge in [0.05, 0.1) is 28.4 Å². The first-order valence-corrected chi connectivity index (χ1v) is 22.2. The fourth-order valence-electron chi connectivity index (χ4n) is 5.18. The van der Waals surface area contributed by atoms with E-state index in [1.165, 1.54) is 126 Å². The Balaban J connectivity index is 0. The molecular formula is C56H42Dy2F12O14. The molecular weight excluding hydrogens is 1450 g/mol. The molecule has 0 amide bonds.